The van der Waals surface area contributed by atoms with Crippen molar-refractivity contribution in [2.45, 2.75) is 6.92 Å². The van der Waals surface area contributed by atoms with Crippen molar-refractivity contribution in [3.63, 3.8) is 0 Å². The predicted octanol–water partition coefficient (Wildman–Crippen LogP) is 9.14. The third-order valence-corrected chi connectivity index (χ3v) is 7.97. The van der Waals surface area contributed by atoms with Crippen molar-refractivity contribution in [3.05, 3.63) is 205 Å². The number of benzene rings is 7. The van der Waals surface area contributed by atoms with E-state index in [4.69, 9.17) is 5.11 Å². The molecule has 0 unspecified atom stereocenters. The molecule has 6 nitrogen and oxygen atoms in total. The zero-order chi connectivity index (χ0) is 37.4. The van der Waals surface area contributed by atoms with Gasteiger partial charge in [-0.05, 0) is 52.4 Å². The molecule has 0 atom stereocenters. The summed E-state index contributed by atoms with van der Waals surface area (Å²) in [6, 6.07) is 59.5. The van der Waals surface area contributed by atoms with Gasteiger partial charge in [-0.1, -0.05) is 182 Å². The molecular formula is C47H36AlNO5. The van der Waals surface area contributed by atoms with Crippen LogP contribution in [0.1, 0.15) is 16.1 Å². The number of aromatic nitrogens is 1. The number of aromatic carboxylic acids is 1. The number of rotatable bonds is 4. The molecule has 8 aromatic rings. The molecule has 0 bridgehead atoms. The Labute approximate surface area is 326 Å². The number of carbonyl (C=O) groups is 1. The molecule has 0 amide bonds. The molecule has 0 aliphatic carbocycles. The van der Waals surface area contributed by atoms with Gasteiger partial charge in [-0.3, -0.25) is 4.98 Å². The van der Waals surface area contributed by atoms with Gasteiger partial charge in [-0.25, -0.2) is 4.79 Å². The molecule has 54 heavy (non-hydrogen) atoms. The Kier molecular flexibility index (Phi) is 15.2. The van der Waals surface area contributed by atoms with Gasteiger partial charge >= 0.3 is 23.3 Å². The number of carboxylic acids is 1. The van der Waals surface area contributed by atoms with Crippen LogP contribution in [0.25, 0.3) is 44.3 Å². The summed E-state index contributed by atoms with van der Waals surface area (Å²) in [6.45, 7) is 1.85. The molecule has 0 radical (unpaired) electrons. The fraction of sp³-hybridized carbons (Fsp3) is 0.0213. The maximum Gasteiger partial charge on any atom is 3.00 e. The molecule has 0 saturated heterocycles. The number of nitrogens with zero attached hydrogens (tertiary/aromatic N) is 1. The van der Waals surface area contributed by atoms with Crippen LogP contribution in [-0.2, 0) is 0 Å². The number of pyridine rings is 1. The minimum absolute atomic E-state index is 0. The molecular weight excluding hydrogens is 686 g/mol. The van der Waals surface area contributed by atoms with Crippen LogP contribution in [0.15, 0.2) is 194 Å². The monoisotopic (exact) mass is 721 g/mol. The fourth-order valence-electron chi connectivity index (χ4n) is 5.25. The summed E-state index contributed by atoms with van der Waals surface area (Å²) in [5.74, 6) is -0.771. The molecule has 0 saturated carbocycles. The number of hydrogen-bond acceptors (Lipinski definition) is 5. The predicted molar refractivity (Wildman–Crippen MR) is 213 cm³/mol. The Morgan fingerprint density at radius 1 is 0.426 bits per heavy atom. The molecule has 0 aliphatic heterocycles. The van der Waals surface area contributed by atoms with Crippen LogP contribution >= 0.6 is 0 Å². The number of fused-ring (bicyclic) bond motifs is 1. The normalized spacial score (nSPS) is 9.80. The van der Waals surface area contributed by atoms with Crippen molar-refractivity contribution in [1.82, 2.24) is 4.98 Å². The van der Waals surface area contributed by atoms with Crippen LogP contribution in [0.3, 0.4) is 0 Å². The van der Waals surface area contributed by atoms with Crippen LogP contribution in [0.5, 0.6) is 17.2 Å². The molecule has 262 valence electrons. The maximum atomic E-state index is 10.9. The van der Waals surface area contributed by atoms with Crippen LogP contribution in [0, 0.1) is 6.92 Å². The van der Waals surface area contributed by atoms with Crippen molar-refractivity contribution in [2.24, 2.45) is 0 Å². The van der Waals surface area contributed by atoms with Crippen molar-refractivity contribution < 1.29 is 25.2 Å². The number of carboxylic acid groups (broad SMARTS) is 1. The van der Waals surface area contributed by atoms with E-state index in [1.54, 1.807) is 48.5 Å². The molecule has 1 N–H and O–H groups in total. The summed E-state index contributed by atoms with van der Waals surface area (Å²) in [5.41, 5.74) is 8.31. The van der Waals surface area contributed by atoms with Gasteiger partial charge in [0.2, 0.25) is 0 Å². The summed E-state index contributed by atoms with van der Waals surface area (Å²) >= 11 is 0. The van der Waals surface area contributed by atoms with Gasteiger partial charge in [-0.15, -0.1) is 17.2 Å². The van der Waals surface area contributed by atoms with Gasteiger partial charge < -0.3 is 20.4 Å². The Balaban J connectivity index is 0.000000160. The Hall–Kier alpha value is -6.65. The second-order valence-electron chi connectivity index (χ2n) is 11.8. The smallest absolute Gasteiger partial charge is 0.872 e. The summed E-state index contributed by atoms with van der Waals surface area (Å²) in [4.78, 5) is 15.1. The third-order valence-electron chi connectivity index (χ3n) is 7.97. The van der Waals surface area contributed by atoms with Crippen molar-refractivity contribution >= 4 is 34.2 Å². The van der Waals surface area contributed by atoms with Crippen LogP contribution < -0.4 is 15.3 Å². The van der Waals surface area contributed by atoms with Gasteiger partial charge in [0, 0.05) is 11.1 Å². The number of hydrogen-bond donors (Lipinski definition) is 1. The number of para-hydroxylation sites is 1. The van der Waals surface area contributed by atoms with Gasteiger partial charge in [-0.2, -0.15) is 0 Å². The van der Waals surface area contributed by atoms with E-state index in [2.05, 4.69) is 4.98 Å². The molecule has 7 aromatic carbocycles. The summed E-state index contributed by atoms with van der Waals surface area (Å²) < 4.78 is 0. The second-order valence-corrected chi connectivity index (χ2v) is 11.8. The molecule has 8 rings (SSSR count). The van der Waals surface area contributed by atoms with E-state index in [0.717, 1.165) is 44.5 Å². The van der Waals surface area contributed by atoms with Crippen molar-refractivity contribution in [3.8, 4) is 50.6 Å². The molecule has 1 heterocycles. The van der Waals surface area contributed by atoms with Gasteiger partial charge in [0.25, 0.3) is 0 Å². The minimum atomic E-state index is -0.936. The van der Waals surface area contributed by atoms with Crippen molar-refractivity contribution in [2.75, 3.05) is 0 Å². The Morgan fingerprint density at radius 2 is 0.759 bits per heavy atom. The molecule has 1 aromatic heterocycles. The quantitative estimate of drug-likeness (QED) is 0.181. The van der Waals surface area contributed by atoms with E-state index in [1.807, 2.05) is 153 Å². The van der Waals surface area contributed by atoms with E-state index in [0.29, 0.717) is 5.52 Å². The van der Waals surface area contributed by atoms with Crippen LogP contribution in [0.2, 0.25) is 0 Å². The number of aryl methyl sites for hydroxylation is 1. The average molecular weight is 722 g/mol. The summed E-state index contributed by atoms with van der Waals surface area (Å²) in [6.07, 6.45) is 0. The Bertz CT molecular complexity index is 2120. The van der Waals surface area contributed by atoms with Crippen LogP contribution in [-0.4, -0.2) is 33.4 Å². The first-order chi connectivity index (χ1) is 25.8. The van der Waals surface area contributed by atoms with E-state index < -0.39 is 5.97 Å². The first-order valence-corrected chi connectivity index (χ1v) is 16.8. The maximum absolute atomic E-state index is 10.9. The summed E-state index contributed by atoms with van der Waals surface area (Å²) in [7, 11) is 0. The van der Waals surface area contributed by atoms with E-state index in [9.17, 15) is 20.1 Å². The first-order valence-electron chi connectivity index (χ1n) is 16.8. The minimum Gasteiger partial charge on any atom is -0.872 e. The largest absolute Gasteiger partial charge is 3.00 e. The third kappa shape index (κ3) is 12.0. The topological polar surface area (TPSA) is 119 Å². The zero-order valence-electron chi connectivity index (χ0n) is 29.6. The average Bonchev–Trinajstić information content (AvgIpc) is 3.20. The van der Waals surface area contributed by atoms with E-state index in [-0.39, 0.29) is 40.2 Å². The molecule has 0 fully saturated rings. The Morgan fingerprint density at radius 3 is 1.09 bits per heavy atom. The van der Waals surface area contributed by atoms with E-state index in [1.165, 1.54) is 0 Å². The standard InChI is InChI=1S/3C12H10O.C11H9NO2.Al/c3*13-12-8-6-11(7-9-12)10-4-2-1-3-5-10;1-7-5-6-8-3-2-4-9(11(13)14)10(8)12-7;/h3*1-9,13H;2-6H,1H3,(H,13,14);/q;;;;+3/p-3. The molecule has 0 aliphatic rings. The van der Waals surface area contributed by atoms with Gasteiger partial charge in [0.15, 0.2) is 0 Å². The molecule has 7 heteroatoms. The van der Waals surface area contributed by atoms with Gasteiger partial charge in [0.05, 0.1) is 11.1 Å². The first kappa shape index (κ1) is 40.1. The fourth-order valence-corrected chi connectivity index (χ4v) is 5.25. The van der Waals surface area contributed by atoms with Gasteiger partial charge in [0.1, 0.15) is 0 Å². The zero-order valence-corrected chi connectivity index (χ0v) is 30.7. The second kappa shape index (κ2) is 20.4. The van der Waals surface area contributed by atoms with Crippen molar-refractivity contribution in [1.29, 1.82) is 0 Å². The molecule has 0 spiro atoms. The van der Waals surface area contributed by atoms with Crippen LogP contribution in [0.4, 0.5) is 0 Å². The summed E-state index contributed by atoms with van der Waals surface area (Å²) in [5, 5.41) is 42.3. The van der Waals surface area contributed by atoms with E-state index >= 15 is 0 Å². The SMILES string of the molecule is Cc1ccc2cccc(C(=O)O)c2n1.[Al+3].[O-]c1ccc(-c2ccccc2)cc1.[O-]c1ccc(-c2ccccc2)cc1.[O-]c1ccc(-c2ccccc2)cc1.